The van der Waals surface area contributed by atoms with E-state index in [1.54, 1.807) is 0 Å². The molecular weight excluding hydrogens is 292 g/mol. The Bertz CT molecular complexity index is 365. The lowest BCUT2D eigenvalue weighted by atomic mass is 10.1. The van der Waals surface area contributed by atoms with Gasteiger partial charge in [-0.1, -0.05) is 47.8 Å². The first-order valence-corrected chi connectivity index (χ1v) is 7.19. The average Bonchev–Trinajstić information content (AvgIpc) is 2.37. The van der Waals surface area contributed by atoms with Gasteiger partial charge in [-0.3, -0.25) is 4.79 Å². The first-order valence-electron chi connectivity index (χ1n) is 6.39. The Morgan fingerprint density at radius 2 is 2.06 bits per heavy atom. The van der Waals surface area contributed by atoms with Crippen LogP contribution in [0, 0.1) is 0 Å². The molecule has 0 radical (unpaired) electrons. The van der Waals surface area contributed by atoms with Crippen LogP contribution < -0.4 is 11.1 Å². The largest absolute Gasteiger partial charge is 0.352 e. The number of hydrogen-bond acceptors (Lipinski definition) is 2. The van der Waals surface area contributed by atoms with Crippen molar-refractivity contribution in [1.82, 2.24) is 5.32 Å². The van der Waals surface area contributed by atoms with Crippen molar-refractivity contribution < 1.29 is 4.79 Å². The summed E-state index contributed by atoms with van der Waals surface area (Å²) in [5, 5.41) is 2.99. The zero-order valence-corrected chi connectivity index (χ0v) is 12.4. The molecule has 3 nitrogen and oxygen atoms in total. The smallest absolute Gasteiger partial charge is 0.224 e. The molecule has 0 aliphatic heterocycles. The van der Waals surface area contributed by atoms with Crippen LogP contribution in [-0.2, 0) is 11.2 Å². The Labute approximate surface area is 117 Å². The van der Waals surface area contributed by atoms with Crippen molar-refractivity contribution in [3.63, 3.8) is 0 Å². The van der Waals surface area contributed by atoms with E-state index in [0.717, 1.165) is 29.3 Å². The molecule has 1 rings (SSSR count). The molecule has 3 N–H and O–H groups in total. The Balaban J connectivity index is 2.42. The Hall–Kier alpha value is -0.870. The van der Waals surface area contributed by atoms with Crippen LogP contribution in [-0.4, -0.2) is 18.5 Å². The van der Waals surface area contributed by atoms with Crippen LogP contribution in [0.5, 0.6) is 0 Å². The predicted octanol–water partition coefficient (Wildman–Crippen LogP) is 2.63. The molecule has 0 aliphatic rings. The minimum Gasteiger partial charge on any atom is -0.352 e. The molecule has 1 aromatic rings. The van der Waals surface area contributed by atoms with Gasteiger partial charge in [-0.2, -0.15) is 0 Å². The molecule has 0 saturated heterocycles. The van der Waals surface area contributed by atoms with Gasteiger partial charge in [0.25, 0.3) is 0 Å². The number of rotatable bonds is 7. The van der Waals surface area contributed by atoms with Gasteiger partial charge < -0.3 is 11.1 Å². The number of hydrogen-bond donors (Lipinski definition) is 2. The maximum Gasteiger partial charge on any atom is 0.224 e. The van der Waals surface area contributed by atoms with Crippen LogP contribution in [0.15, 0.2) is 28.7 Å². The summed E-state index contributed by atoms with van der Waals surface area (Å²) < 4.78 is 1.02. The Morgan fingerprint density at radius 3 is 2.61 bits per heavy atom. The van der Waals surface area contributed by atoms with E-state index in [1.165, 1.54) is 0 Å². The first-order chi connectivity index (χ1) is 8.65. The number of benzene rings is 1. The quantitative estimate of drug-likeness (QED) is 0.813. The van der Waals surface area contributed by atoms with E-state index in [-0.39, 0.29) is 11.9 Å². The highest BCUT2D eigenvalue weighted by Gasteiger charge is 2.10. The van der Waals surface area contributed by atoms with Crippen molar-refractivity contribution in [3.05, 3.63) is 34.3 Å². The van der Waals surface area contributed by atoms with Gasteiger partial charge in [0, 0.05) is 17.1 Å². The summed E-state index contributed by atoms with van der Waals surface area (Å²) >= 11 is 3.37. The lowest BCUT2D eigenvalue weighted by Gasteiger charge is -2.16. The topological polar surface area (TPSA) is 55.1 Å². The van der Waals surface area contributed by atoms with Crippen LogP contribution in [0.25, 0.3) is 0 Å². The lowest BCUT2D eigenvalue weighted by Crippen LogP contribution is -2.40. The maximum atomic E-state index is 11.9. The standard InChI is InChI=1S/C14H21BrN2O/c1-2-3-4-13(10-16)17-14(18)9-11-5-7-12(15)8-6-11/h5-8,13H,2-4,9-10,16H2,1H3,(H,17,18). The summed E-state index contributed by atoms with van der Waals surface area (Å²) in [6.07, 6.45) is 3.59. The second-order valence-corrected chi connectivity index (χ2v) is 5.36. The fourth-order valence-electron chi connectivity index (χ4n) is 1.77. The van der Waals surface area contributed by atoms with Crippen LogP contribution in [0.1, 0.15) is 31.7 Å². The van der Waals surface area contributed by atoms with Gasteiger partial charge >= 0.3 is 0 Å². The molecule has 0 heterocycles. The first kappa shape index (κ1) is 15.2. The molecule has 0 spiro atoms. The van der Waals surface area contributed by atoms with Gasteiger partial charge in [0.05, 0.1) is 6.42 Å². The van der Waals surface area contributed by atoms with E-state index in [2.05, 4.69) is 28.2 Å². The number of carbonyl (C=O) groups is 1. The normalized spacial score (nSPS) is 12.2. The number of halogens is 1. The van der Waals surface area contributed by atoms with Gasteiger partial charge in [0.15, 0.2) is 0 Å². The molecule has 4 heteroatoms. The molecule has 1 unspecified atom stereocenters. The average molecular weight is 313 g/mol. The summed E-state index contributed by atoms with van der Waals surface area (Å²) in [6, 6.07) is 7.90. The Kier molecular flexibility index (Phi) is 6.98. The second-order valence-electron chi connectivity index (χ2n) is 4.45. The fourth-order valence-corrected chi connectivity index (χ4v) is 2.03. The van der Waals surface area contributed by atoms with Crippen molar-refractivity contribution in [1.29, 1.82) is 0 Å². The third kappa shape index (κ3) is 5.65. The highest BCUT2D eigenvalue weighted by Crippen LogP contribution is 2.11. The predicted molar refractivity (Wildman–Crippen MR) is 78.4 cm³/mol. The monoisotopic (exact) mass is 312 g/mol. The number of unbranched alkanes of at least 4 members (excludes halogenated alkanes) is 1. The molecule has 0 aromatic heterocycles. The lowest BCUT2D eigenvalue weighted by molar-refractivity contribution is -0.121. The van der Waals surface area contributed by atoms with E-state index in [0.29, 0.717) is 13.0 Å². The van der Waals surface area contributed by atoms with Crippen LogP contribution in [0.3, 0.4) is 0 Å². The molecule has 1 amide bonds. The molecule has 1 aromatic carbocycles. The van der Waals surface area contributed by atoms with Gasteiger partial charge in [-0.25, -0.2) is 0 Å². The SMILES string of the molecule is CCCCC(CN)NC(=O)Cc1ccc(Br)cc1. The van der Waals surface area contributed by atoms with Crippen LogP contribution in [0.4, 0.5) is 0 Å². The van der Waals surface area contributed by atoms with Crippen molar-refractivity contribution in [2.24, 2.45) is 5.73 Å². The van der Waals surface area contributed by atoms with Crippen molar-refractivity contribution >= 4 is 21.8 Å². The van der Waals surface area contributed by atoms with E-state index < -0.39 is 0 Å². The van der Waals surface area contributed by atoms with E-state index in [9.17, 15) is 4.79 Å². The fraction of sp³-hybridized carbons (Fsp3) is 0.500. The summed E-state index contributed by atoms with van der Waals surface area (Å²) in [4.78, 5) is 11.9. The minimum atomic E-state index is 0.0453. The van der Waals surface area contributed by atoms with E-state index in [1.807, 2.05) is 24.3 Å². The van der Waals surface area contributed by atoms with E-state index in [4.69, 9.17) is 5.73 Å². The third-order valence-electron chi connectivity index (χ3n) is 2.83. The number of amides is 1. The molecule has 18 heavy (non-hydrogen) atoms. The van der Waals surface area contributed by atoms with Gasteiger partial charge in [-0.15, -0.1) is 0 Å². The summed E-state index contributed by atoms with van der Waals surface area (Å²) in [6.45, 7) is 2.64. The number of nitrogens with one attached hydrogen (secondary N) is 1. The number of carbonyl (C=O) groups excluding carboxylic acids is 1. The Morgan fingerprint density at radius 1 is 1.39 bits per heavy atom. The highest BCUT2D eigenvalue weighted by molar-refractivity contribution is 9.10. The summed E-state index contributed by atoms with van der Waals surface area (Å²) in [7, 11) is 0. The molecule has 0 aliphatic carbocycles. The maximum absolute atomic E-state index is 11.9. The van der Waals surface area contributed by atoms with Crippen LogP contribution >= 0.6 is 15.9 Å². The van der Waals surface area contributed by atoms with Crippen molar-refractivity contribution in [2.75, 3.05) is 6.54 Å². The zero-order valence-electron chi connectivity index (χ0n) is 10.8. The highest BCUT2D eigenvalue weighted by atomic mass is 79.9. The van der Waals surface area contributed by atoms with Gasteiger partial charge in [0.1, 0.15) is 0 Å². The minimum absolute atomic E-state index is 0.0453. The summed E-state index contributed by atoms with van der Waals surface area (Å²) in [5.41, 5.74) is 6.67. The van der Waals surface area contributed by atoms with Gasteiger partial charge in [-0.05, 0) is 24.1 Å². The third-order valence-corrected chi connectivity index (χ3v) is 3.36. The number of nitrogens with two attached hydrogens (primary N) is 1. The second kappa shape index (κ2) is 8.27. The van der Waals surface area contributed by atoms with Gasteiger partial charge in [0.2, 0.25) is 5.91 Å². The molecular formula is C14H21BrN2O. The summed E-state index contributed by atoms with van der Waals surface area (Å²) in [5.74, 6) is 0.0453. The van der Waals surface area contributed by atoms with Crippen molar-refractivity contribution in [3.8, 4) is 0 Å². The van der Waals surface area contributed by atoms with Crippen molar-refractivity contribution in [2.45, 2.75) is 38.6 Å². The molecule has 100 valence electrons. The van der Waals surface area contributed by atoms with E-state index >= 15 is 0 Å². The molecule has 0 bridgehead atoms. The van der Waals surface area contributed by atoms with Crippen LogP contribution in [0.2, 0.25) is 0 Å². The molecule has 0 saturated carbocycles. The zero-order chi connectivity index (χ0) is 13.4. The molecule has 1 atom stereocenters. The molecule has 0 fully saturated rings.